The van der Waals surface area contributed by atoms with Crippen LogP contribution < -0.4 is 4.74 Å². The number of hydrogen-bond donors (Lipinski definition) is 4. The van der Waals surface area contributed by atoms with Crippen LogP contribution in [0.2, 0.25) is 0 Å². The Morgan fingerprint density at radius 1 is 0.518 bits per heavy atom. The molecule has 2 aliphatic heterocycles. The highest BCUT2D eigenvalue weighted by atomic mass is 16.8. The minimum Gasteiger partial charge on any atom is -0.490 e. The number of cyclic esters (lactones) is 4. The van der Waals surface area contributed by atoms with Crippen molar-refractivity contribution >= 4 is 45.4 Å². The van der Waals surface area contributed by atoms with Gasteiger partial charge in [0.1, 0.15) is 24.6 Å². The van der Waals surface area contributed by atoms with Crippen molar-refractivity contribution in [3.05, 3.63) is 137 Å². The highest BCUT2D eigenvalue weighted by Crippen LogP contribution is 2.67. The minimum atomic E-state index is -1.33. The molecule has 6 aromatic carbocycles. The first-order valence-corrected chi connectivity index (χ1v) is 30.3. The van der Waals surface area contributed by atoms with Crippen LogP contribution in [0.3, 0.4) is 0 Å². The van der Waals surface area contributed by atoms with Crippen LogP contribution in [0.4, 0.5) is 0 Å². The van der Waals surface area contributed by atoms with Crippen LogP contribution in [-0.2, 0) is 49.0 Å². The second kappa shape index (κ2) is 20.0. The van der Waals surface area contributed by atoms with Crippen molar-refractivity contribution in [3.8, 4) is 28.0 Å². The van der Waals surface area contributed by atoms with Crippen molar-refractivity contribution in [1.82, 2.24) is 0 Å². The zero-order valence-corrected chi connectivity index (χ0v) is 47.7. The molecule has 7 saturated carbocycles. The van der Waals surface area contributed by atoms with Gasteiger partial charge in [0.2, 0.25) is 0 Å². The van der Waals surface area contributed by atoms with Gasteiger partial charge in [-0.1, -0.05) is 79.2 Å². The predicted molar refractivity (Wildman–Crippen MR) is 310 cm³/mol. The van der Waals surface area contributed by atoms with Crippen molar-refractivity contribution in [2.24, 2.45) is 41.4 Å². The van der Waals surface area contributed by atoms with Gasteiger partial charge in [-0.25, -0.2) is 0 Å². The monoisotopic (exact) mass is 1120 g/mol. The lowest BCUT2D eigenvalue weighted by molar-refractivity contribution is -0.236. The molecule has 4 N–H and O–H groups in total. The second-order valence-corrected chi connectivity index (χ2v) is 27.3. The summed E-state index contributed by atoms with van der Waals surface area (Å²) in [5.41, 5.74) is 7.05. The molecule has 10 unspecified atom stereocenters. The molecule has 2 heterocycles. The molecule has 9 aliphatic rings. The third-order valence-electron chi connectivity index (χ3n) is 21.1. The van der Waals surface area contributed by atoms with E-state index in [4.69, 9.17) is 23.7 Å². The molecule has 7 aliphatic carbocycles. The van der Waals surface area contributed by atoms with Crippen LogP contribution in [0.15, 0.2) is 109 Å². The Bertz CT molecular complexity index is 3580. The third kappa shape index (κ3) is 9.43. The molecule has 6 aromatic rings. The van der Waals surface area contributed by atoms with Gasteiger partial charge in [0.05, 0.1) is 12.7 Å². The summed E-state index contributed by atoms with van der Waals surface area (Å²) < 4.78 is 28.3. The number of carbonyl (C=O) groups excluding carboxylic acids is 4. The average molecular weight is 1120 g/mol. The zero-order valence-electron chi connectivity index (χ0n) is 47.7. The van der Waals surface area contributed by atoms with Gasteiger partial charge in [0, 0.05) is 44.6 Å². The summed E-state index contributed by atoms with van der Waals surface area (Å²) in [5.74, 6) is -4.33. The predicted octanol–water partition coefficient (Wildman–Crippen LogP) is 11.5. The van der Waals surface area contributed by atoms with Gasteiger partial charge >= 0.3 is 23.9 Å². The average Bonchev–Trinajstić information content (AvgIpc) is 2.47. The Morgan fingerprint density at radius 2 is 1.02 bits per heavy atom. The fraction of sp³-hybridized carbons (Fsp3) is 0.486. The van der Waals surface area contributed by atoms with Crippen LogP contribution in [0.25, 0.3) is 43.8 Å². The fourth-order valence-corrected chi connectivity index (χ4v) is 18.0. The number of aliphatic hydroxyl groups is 4. The zero-order chi connectivity index (χ0) is 57.5. The van der Waals surface area contributed by atoms with E-state index in [9.17, 15) is 39.6 Å². The molecule has 2 saturated heterocycles. The largest absolute Gasteiger partial charge is 0.490 e. The number of rotatable bonds is 13. The molecule has 10 atom stereocenters. The summed E-state index contributed by atoms with van der Waals surface area (Å²) in [5, 5.41) is 51.1. The van der Waals surface area contributed by atoms with E-state index in [0.29, 0.717) is 40.5 Å². The molecule has 13 heteroatoms. The molecule has 9 fully saturated rings. The maximum atomic E-state index is 13.5. The van der Waals surface area contributed by atoms with Crippen LogP contribution in [0.1, 0.15) is 151 Å². The SMILES string of the molecule is CC1(C)OC(=O)C(c2ccc3cc(-c4ccc(C(O)C(O)C5C6CC7CC(C6)CC5(c5cc(-c6ccc8cc(C9C(=O)OC(C)(C)OC9=O)ccc8c6)ccc5OCC(O)CO)C7)c(C56CCC7CCC(CC7C5)C6)c4)ccc3c2)C(=O)O1. The topological polar surface area (TPSA) is 195 Å². The highest BCUT2D eigenvalue weighted by molar-refractivity contribution is 6.04. The third-order valence-corrected chi connectivity index (χ3v) is 21.1. The van der Waals surface area contributed by atoms with Crippen molar-refractivity contribution in [2.75, 3.05) is 13.2 Å². The molecule has 0 spiro atoms. The number of aliphatic hydroxyl groups excluding tert-OH is 4. The Labute approximate surface area is 483 Å². The van der Waals surface area contributed by atoms with E-state index in [1.54, 1.807) is 26.0 Å². The summed E-state index contributed by atoms with van der Waals surface area (Å²) in [4.78, 5) is 52.2. The Balaban J connectivity index is 0.830. The normalized spacial score (nSPS) is 30.8. The van der Waals surface area contributed by atoms with Gasteiger partial charge in [0.25, 0.3) is 11.6 Å². The van der Waals surface area contributed by atoms with Gasteiger partial charge in [-0.15, -0.1) is 0 Å². The molecule has 0 amide bonds. The molecule has 0 aromatic heterocycles. The number of hydrogen-bond acceptors (Lipinski definition) is 13. The number of ether oxygens (including phenoxy) is 5. The summed E-state index contributed by atoms with van der Waals surface area (Å²) in [7, 11) is 0. The minimum absolute atomic E-state index is 0.117. The summed E-state index contributed by atoms with van der Waals surface area (Å²) in [6.07, 6.45) is 9.40. The Hall–Kier alpha value is -6.64. The van der Waals surface area contributed by atoms with Gasteiger partial charge in [0.15, 0.2) is 11.8 Å². The lowest BCUT2D eigenvalue weighted by Gasteiger charge is -2.63. The standard InChI is InChI=1S/C70H74O13/c1-67(2)80-63(75)58(64(76)81-67)49-13-11-41-25-43(7-9-45(41)27-49)47-15-17-54(55(29-47)69-20-19-40-6-5-37(31-69)22-52(40)34-69)61(73)62(74)60-51-23-38-21-39(24-51)33-70(60,32-38)56-30-48(16-18-57(56)79-36-53(72)35-71)44-8-10-46-28-50(14-12-42(46)26-44)59-65(77)82-68(3,4)83-66(59)78/h7-18,25-30,37-40,51-53,58-62,71-74H,5-6,19-24,31-36H2,1-4H3. The Morgan fingerprint density at radius 3 is 1.60 bits per heavy atom. The molecule has 7 bridgehead atoms. The smallest absolute Gasteiger partial charge is 0.328 e. The fourth-order valence-electron chi connectivity index (χ4n) is 18.0. The first kappa shape index (κ1) is 54.3. The van der Waals surface area contributed by atoms with Crippen LogP contribution in [0, 0.1) is 41.4 Å². The van der Waals surface area contributed by atoms with Crippen LogP contribution in [0.5, 0.6) is 5.75 Å². The number of esters is 4. The van der Waals surface area contributed by atoms with Gasteiger partial charge < -0.3 is 44.1 Å². The summed E-state index contributed by atoms with van der Waals surface area (Å²) in [6, 6.07) is 36.1. The van der Waals surface area contributed by atoms with Crippen molar-refractivity contribution < 1.29 is 63.3 Å². The lowest BCUT2D eigenvalue weighted by atomic mass is 9.42. The lowest BCUT2D eigenvalue weighted by Crippen LogP contribution is -2.59. The van der Waals surface area contributed by atoms with Crippen molar-refractivity contribution in [1.29, 1.82) is 0 Å². The Kier molecular flexibility index (Phi) is 13.1. The van der Waals surface area contributed by atoms with E-state index in [2.05, 4.69) is 42.5 Å². The van der Waals surface area contributed by atoms with Crippen LogP contribution in [-0.4, -0.2) is 81.3 Å². The molecule has 15 rings (SSSR count). The van der Waals surface area contributed by atoms with Gasteiger partial charge in [-0.3, -0.25) is 19.2 Å². The molecule has 13 nitrogen and oxygen atoms in total. The summed E-state index contributed by atoms with van der Waals surface area (Å²) in [6.45, 7) is 5.59. The van der Waals surface area contributed by atoms with E-state index in [1.807, 2.05) is 54.6 Å². The molecule has 432 valence electrons. The van der Waals surface area contributed by atoms with Crippen molar-refractivity contribution in [2.45, 2.75) is 157 Å². The first-order chi connectivity index (χ1) is 39.7. The van der Waals surface area contributed by atoms with Crippen LogP contribution >= 0.6 is 0 Å². The second-order valence-electron chi connectivity index (χ2n) is 27.3. The van der Waals surface area contributed by atoms with E-state index < -0.39 is 77.6 Å². The molecule has 0 radical (unpaired) electrons. The first-order valence-electron chi connectivity index (χ1n) is 30.3. The molecular formula is C70H74O13. The van der Waals surface area contributed by atoms with E-state index >= 15 is 0 Å². The van der Waals surface area contributed by atoms with Crippen molar-refractivity contribution in [3.63, 3.8) is 0 Å². The summed E-state index contributed by atoms with van der Waals surface area (Å²) >= 11 is 0. The highest BCUT2D eigenvalue weighted by Gasteiger charge is 2.62. The number of benzene rings is 6. The molecule has 83 heavy (non-hydrogen) atoms. The van der Waals surface area contributed by atoms with Gasteiger partial charge in [-0.2, -0.15) is 0 Å². The quantitative estimate of drug-likeness (QED) is 0.0631. The van der Waals surface area contributed by atoms with E-state index in [-0.39, 0.29) is 23.9 Å². The maximum absolute atomic E-state index is 13.5. The maximum Gasteiger partial charge on any atom is 0.328 e. The van der Waals surface area contributed by atoms with Gasteiger partial charge in [-0.05, 0) is 214 Å². The molecular weight excluding hydrogens is 1050 g/mol. The number of fused-ring (bicyclic) bond motifs is 4. The van der Waals surface area contributed by atoms with E-state index in [0.717, 1.165) is 124 Å². The number of carbonyl (C=O) groups is 4. The van der Waals surface area contributed by atoms with E-state index in [1.165, 1.54) is 33.1 Å².